The van der Waals surface area contributed by atoms with E-state index in [1.165, 1.54) is 11.1 Å². The molecule has 1 heterocycles. The number of hydrogen-bond acceptors (Lipinski definition) is 4. The Morgan fingerprint density at radius 2 is 1.91 bits per heavy atom. The Morgan fingerprint density at radius 1 is 1.06 bits per heavy atom. The number of fused-ring (bicyclic) bond motifs is 3. The Bertz CT molecular complexity index is 1070. The number of aryl methyl sites for hydroxylation is 1. The largest absolute Gasteiger partial charge is 0.489 e. The molecule has 0 saturated heterocycles. The number of aliphatic hydroxyl groups is 2. The van der Waals surface area contributed by atoms with Gasteiger partial charge in [-0.05, 0) is 72.9 Å². The molecule has 0 spiro atoms. The highest BCUT2D eigenvalue weighted by Gasteiger charge is 2.55. The molecule has 4 heteroatoms. The molecule has 1 saturated carbocycles. The Kier molecular flexibility index (Phi) is 5.52. The summed E-state index contributed by atoms with van der Waals surface area (Å²) in [5, 5.41) is 22.8. The highest BCUT2D eigenvalue weighted by atomic mass is 16.5. The summed E-state index contributed by atoms with van der Waals surface area (Å²) in [6.45, 7) is 2.71. The third kappa shape index (κ3) is 3.52. The monoisotopic (exact) mass is 429 g/mol. The van der Waals surface area contributed by atoms with Gasteiger partial charge in [-0.1, -0.05) is 49.4 Å². The number of aliphatic hydroxyl groups excluding tert-OH is 1. The van der Waals surface area contributed by atoms with Crippen LogP contribution in [-0.2, 0) is 24.0 Å². The van der Waals surface area contributed by atoms with Crippen LogP contribution < -0.4 is 4.74 Å². The minimum Gasteiger partial charge on any atom is -0.489 e. The van der Waals surface area contributed by atoms with Crippen molar-refractivity contribution >= 4 is 0 Å². The van der Waals surface area contributed by atoms with E-state index in [1.807, 2.05) is 48.7 Å². The van der Waals surface area contributed by atoms with Crippen LogP contribution in [0.15, 0.2) is 73.1 Å². The molecule has 4 atom stereocenters. The first-order valence-electron chi connectivity index (χ1n) is 11.7. The van der Waals surface area contributed by atoms with Crippen molar-refractivity contribution in [1.82, 2.24) is 4.98 Å². The molecule has 0 radical (unpaired) electrons. The summed E-state index contributed by atoms with van der Waals surface area (Å²) in [6, 6.07) is 20.0. The lowest BCUT2D eigenvalue weighted by atomic mass is 9.52. The first-order chi connectivity index (χ1) is 15.5. The van der Waals surface area contributed by atoms with Gasteiger partial charge in [0, 0.05) is 23.4 Å². The zero-order valence-corrected chi connectivity index (χ0v) is 18.6. The summed E-state index contributed by atoms with van der Waals surface area (Å²) in [4.78, 5) is 4.15. The molecule has 2 aromatic carbocycles. The van der Waals surface area contributed by atoms with Crippen molar-refractivity contribution in [2.24, 2.45) is 5.92 Å². The van der Waals surface area contributed by atoms with Crippen LogP contribution in [0.4, 0.5) is 0 Å². The van der Waals surface area contributed by atoms with Crippen LogP contribution in [0.3, 0.4) is 0 Å². The van der Waals surface area contributed by atoms with Gasteiger partial charge in [-0.3, -0.25) is 4.98 Å². The van der Waals surface area contributed by atoms with E-state index in [-0.39, 0.29) is 5.41 Å². The number of nitrogens with zero attached hydrogens (tertiary/aromatic N) is 1. The third-order valence-electron chi connectivity index (χ3n) is 7.86. The van der Waals surface area contributed by atoms with Crippen molar-refractivity contribution in [1.29, 1.82) is 0 Å². The molecule has 1 fully saturated rings. The van der Waals surface area contributed by atoms with Gasteiger partial charge < -0.3 is 14.9 Å². The van der Waals surface area contributed by atoms with Crippen molar-refractivity contribution in [3.8, 4) is 5.75 Å². The summed E-state index contributed by atoms with van der Waals surface area (Å²) >= 11 is 0. The van der Waals surface area contributed by atoms with E-state index in [0.717, 1.165) is 36.1 Å². The molecule has 4 nitrogen and oxygen atoms in total. The van der Waals surface area contributed by atoms with Gasteiger partial charge >= 0.3 is 0 Å². The van der Waals surface area contributed by atoms with E-state index in [4.69, 9.17) is 4.74 Å². The van der Waals surface area contributed by atoms with Gasteiger partial charge in [-0.2, -0.15) is 0 Å². The van der Waals surface area contributed by atoms with Gasteiger partial charge in [0.25, 0.3) is 0 Å². The maximum atomic E-state index is 11.6. The molecule has 2 aliphatic rings. The van der Waals surface area contributed by atoms with E-state index >= 15 is 0 Å². The second kappa shape index (κ2) is 8.34. The highest BCUT2D eigenvalue weighted by molar-refractivity contribution is 5.44. The minimum absolute atomic E-state index is 0.115. The maximum Gasteiger partial charge on any atom is 0.120 e. The van der Waals surface area contributed by atoms with E-state index < -0.39 is 11.7 Å². The molecule has 1 aromatic heterocycles. The Hall–Kier alpha value is -2.69. The fourth-order valence-corrected chi connectivity index (χ4v) is 6.09. The average Bonchev–Trinajstić information content (AvgIpc) is 2.84. The quantitative estimate of drug-likeness (QED) is 0.605. The van der Waals surface area contributed by atoms with Crippen LogP contribution in [0, 0.1) is 5.92 Å². The molecule has 0 aliphatic heterocycles. The first-order valence-corrected chi connectivity index (χ1v) is 11.7. The molecule has 2 N–H and O–H groups in total. The molecule has 2 aliphatic carbocycles. The van der Waals surface area contributed by atoms with Crippen LogP contribution in [0.5, 0.6) is 5.75 Å². The van der Waals surface area contributed by atoms with Crippen LogP contribution in [0.25, 0.3) is 0 Å². The fraction of sp³-hybridized carbons (Fsp3) is 0.393. The lowest BCUT2D eigenvalue weighted by Crippen LogP contribution is -2.56. The number of pyridine rings is 1. The van der Waals surface area contributed by atoms with E-state index in [1.54, 1.807) is 6.20 Å². The maximum absolute atomic E-state index is 11.6. The van der Waals surface area contributed by atoms with Crippen LogP contribution in [0.1, 0.15) is 54.9 Å². The predicted octanol–water partition coefficient (Wildman–Crippen LogP) is 4.91. The van der Waals surface area contributed by atoms with Crippen molar-refractivity contribution in [2.45, 2.75) is 62.8 Å². The number of hydrogen-bond donors (Lipinski definition) is 2. The normalized spacial score (nSPS) is 29.1. The van der Waals surface area contributed by atoms with E-state index in [9.17, 15) is 10.2 Å². The van der Waals surface area contributed by atoms with Gasteiger partial charge in [0.05, 0.1) is 6.10 Å². The van der Waals surface area contributed by atoms with Crippen LogP contribution in [-0.4, -0.2) is 21.3 Å². The zero-order chi connectivity index (χ0) is 22.2. The molecule has 0 bridgehead atoms. The van der Waals surface area contributed by atoms with Crippen molar-refractivity contribution < 1.29 is 14.9 Å². The summed E-state index contributed by atoms with van der Waals surface area (Å²) in [5.41, 5.74) is 3.20. The summed E-state index contributed by atoms with van der Waals surface area (Å²) in [7, 11) is 0. The Morgan fingerprint density at radius 3 is 2.66 bits per heavy atom. The van der Waals surface area contributed by atoms with Gasteiger partial charge in [-0.25, -0.2) is 0 Å². The van der Waals surface area contributed by atoms with Gasteiger partial charge in [-0.15, -0.1) is 0 Å². The molecular weight excluding hydrogens is 398 g/mol. The number of aromatic nitrogens is 1. The lowest BCUT2D eigenvalue weighted by molar-refractivity contribution is -0.146. The molecule has 166 valence electrons. The third-order valence-corrected chi connectivity index (χ3v) is 7.86. The molecule has 32 heavy (non-hydrogen) atoms. The Balaban J connectivity index is 1.42. The molecule has 3 aromatic rings. The second-order valence-corrected chi connectivity index (χ2v) is 9.43. The standard InChI is InChI=1S/C28H31NO3/c1-2-27-17-26(30)28(31,22-8-4-3-5-9-22)16-23(27)11-10-21-15-24(12-13-25(21)27)32-19-20-7-6-14-29-18-20/h3-9,12-15,18,23,26,30-31H,2,10-11,16-17,19H2,1H3. The number of benzene rings is 2. The smallest absolute Gasteiger partial charge is 0.120 e. The van der Waals surface area contributed by atoms with Crippen molar-refractivity contribution in [3.05, 3.63) is 95.3 Å². The second-order valence-electron chi connectivity index (χ2n) is 9.43. The summed E-state index contributed by atoms with van der Waals surface area (Å²) in [5.74, 6) is 1.20. The van der Waals surface area contributed by atoms with E-state index in [0.29, 0.717) is 25.4 Å². The zero-order valence-electron chi connectivity index (χ0n) is 18.6. The minimum atomic E-state index is -1.19. The van der Waals surface area contributed by atoms with Crippen LogP contribution >= 0.6 is 0 Å². The summed E-state index contributed by atoms with van der Waals surface area (Å²) < 4.78 is 6.04. The molecule has 4 unspecified atom stereocenters. The molecule has 5 rings (SSSR count). The summed E-state index contributed by atoms with van der Waals surface area (Å²) in [6.07, 6.45) is 6.87. The number of ether oxygens (including phenoxy) is 1. The van der Waals surface area contributed by atoms with Crippen molar-refractivity contribution in [3.63, 3.8) is 0 Å². The lowest BCUT2D eigenvalue weighted by Gasteiger charge is -2.55. The molecular formula is C28H31NO3. The Labute approximate surface area is 189 Å². The van der Waals surface area contributed by atoms with Gasteiger partial charge in [0.1, 0.15) is 18.0 Å². The van der Waals surface area contributed by atoms with Gasteiger partial charge in [0.2, 0.25) is 0 Å². The highest BCUT2D eigenvalue weighted by Crippen LogP contribution is 2.56. The fourth-order valence-electron chi connectivity index (χ4n) is 6.09. The topological polar surface area (TPSA) is 62.6 Å². The first kappa shape index (κ1) is 21.2. The van der Waals surface area contributed by atoms with Gasteiger partial charge in [0.15, 0.2) is 0 Å². The van der Waals surface area contributed by atoms with Crippen molar-refractivity contribution in [2.75, 3.05) is 0 Å². The average molecular weight is 430 g/mol. The van der Waals surface area contributed by atoms with Crippen LogP contribution in [0.2, 0.25) is 0 Å². The van der Waals surface area contributed by atoms with E-state index in [2.05, 4.69) is 30.1 Å². The SMILES string of the molecule is CCC12CC(O)C(O)(c3ccccc3)CC1CCc1cc(OCc3cccnc3)ccc12. The number of rotatable bonds is 5. The molecule has 0 amide bonds. The predicted molar refractivity (Wildman–Crippen MR) is 124 cm³/mol.